The highest BCUT2D eigenvalue weighted by atomic mass is 15.1. The van der Waals surface area contributed by atoms with Gasteiger partial charge in [-0.3, -0.25) is 0 Å². The van der Waals surface area contributed by atoms with Crippen LogP contribution in [0.4, 0.5) is 11.4 Å². The van der Waals surface area contributed by atoms with E-state index in [4.69, 9.17) is 4.98 Å². The molecule has 0 amide bonds. The second-order valence-corrected chi connectivity index (χ2v) is 10.5. The summed E-state index contributed by atoms with van der Waals surface area (Å²) in [5, 5.41) is 0. The molecule has 0 atom stereocenters. The average Bonchev–Trinajstić information content (AvgIpc) is 2.89. The van der Waals surface area contributed by atoms with Crippen LogP contribution in [-0.2, 0) is 0 Å². The minimum Gasteiger partial charge on any atom is -0.371 e. The van der Waals surface area contributed by atoms with Crippen LogP contribution in [0.1, 0.15) is 62.6 Å². The molecule has 5 rings (SSSR count). The van der Waals surface area contributed by atoms with E-state index in [1.165, 1.54) is 76.9 Å². The fourth-order valence-electron chi connectivity index (χ4n) is 5.72. The first-order valence-corrected chi connectivity index (χ1v) is 13.9. The van der Waals surface area contributed by atoms with Gasteiger partial charge in [0.2, 0.25) is 16.7 Å². The van der Waals surface area contributed by atoms with Crippen molar-refractivity contribution in [2.24, 2.45) is 0 Å². The third-order valence-electron chi connectivity index (χ3n) is 7.80. The fraction of sp³-hybridized carbons (Fsp3) is 0.438. The Balaban J connectivity index is 1.80. The molecule has 1 fully saturated rings. The predicted molar refractivity (Wildman–Crippen MR) is 154 cm³/mol. The summed E-state index contributed by atoms with van der Waals surface area (Å²) in [7, 11) is 0. The molecule has 0 saturated carbocycles. The number of hydrogen-bond acceptors (Lipinski definition) is 3. The summed E-state index contributed by atoms with van der Waals surface area (Å²) in [5.41, 5.74) is 12.2. The molecular formula is C32H41N4+. The standard InChI is InChI=1S/C32H41N4/c1-6-8-16-34(7-2)29-21-31-27(19-24(29)4)33-28-20-25(5)30(35-17-10-9-11-18-35)22-32(28)36(31)26-14-12-23(3)13-15-26/h12-15,19-22H,6-11,16-18H2,1-5H3/q+1. The number of unbranched alkanes of at least 4 members (excludes halogenated alkanes) is 1. The highest BCUT2D eigenvalue weighted by Crippen LogP contribution is 2.31. The Morgan fingerprint density at radius 1 is 0.833 bits per heavy atom. The number of aromatic nitrogens is 2. The van der Waals surface area contributed by atoms with Crippen molar-refractivity contribution >= 4 is 33.4 Å². The van der Waals surface area contributed by atoms with Gasteiger partial charge >= 0.3 is 0 Å². The van der Waals surface area contributed by atoms with Crippen molar-refractivity contribution in [2.45, 2.75) is 66.7 Å². The quantitative estimate of drug-likeness (QED) is 0.206. The van der Waals surface area contributed by atoms with Gasteiger partial charge in [0.15, 0.2) is 0 Å². The molecule has 1 aromatic heterocycles. The zero-order valence-corrected chi connectivity index (χ0v) is 22.8. The van der Waals surface area contributed by atoms with Crippen LogP contribution in [0.15, 0.2) is 48.5 Å². The third-order valence-corrected chi connectivity index (χ3v) is 7.80. The van der Waals surface area contributed by atoms with Crippen molar-refractivity contribution in [1.82, 2.24) is 4.98 Å². The van der Waals surface area contributed by atoms with Gasteiger partial charge in [0, 0.05) is 61.8 Å². The van der Waals surface area contributed by atoms with Crippen molar-refractivity contribution in [3.05, 3.63) is 65.2 Å². The van der Waals surface area contributed by atoms with Crippen LogP contribution in [-0.4, -0.2) is 31.2 Å². The summed E-state index contributed by atoms with van der Waals surface area (Å²) in [4.78, 5) is 10.3. The third kappa shape index (κ3) is 4.66. The molecule has 0 N–H and O–H groups in total. The Labute approximate surface area is 216 Å². The van der Waals surface area contributed by atoms with Gasteiger partial charge in [-0.15, -0.1) is 4.57 Å². The van der Waals surface area contributed by atoms with Gasteiger partial charge in [-0.25, -0.2) is 4.98 Å². The molecule has 0 aliphatic carbocycles. The number of aryl methyl sites for hydroxylation is 3. The minimum absolute atomic E-state index is 1.01. The summed E-state index contributed by atoms with van der Waals surface area (Å²) in [6, 6.07) is 18.3. The van der Waals surface area contributed by atoms with E-state index >= 15 is 0 Å². The normalized spacial score (nSPS) is 14.1. The van der Waals surface area contributed by atoms with Crippen LogP contribution < -0.4 is 14.4 Å². The van der Waals surface area contributed by atoms with Crippen LogP contribution in [0.25, 0.3) is 27.8 Å². The lowest BCUT2D eigenvalue weighted by atomic mass is 10.1. The zero-order valence-electron chi connectivity index (χ0n) is 22.8. The van der Waals surface area contributed by atoms with E-state index in [2.05, 4.69) is 97.5 Å². The van der Waals surface area contributed by atoms with Gasteiger partial charge in [0.05, 0.1) is 0 Å². The second kappa shape index (κ2) is 10.5. The first-order chi connectivity index (χ1) is 17.5. The smallest absolute Gasteiger partial charge is 0.239 e. The monoisotopic (exact) mass is 481 g/mol. The van der Waals surface area contributed by atoms with Crippen molar-refractivity contribution in [3.8, 4) is 5.69 Å². The first-order valence-electron chi connectivity index (χ1n) is 13.9. The second-order valence-electron chi connectivity index (χ2n) is 10.5. The summed E-state index contributed by atoms with van der Waals surface area (Å²) in [6.45, 7) is 15.5. The maximum absolute atomic E-state index is 5.22. The lowest BCUT2D eigenvalue weighted by Gasteiger charge is -2.30. The molecule has 2 heterocycles. The molecule has 1 aliphatic rings. The Hall–Kier alpha value is -3.14. The number of benzene rings is 3. The Kier molecular flexibility index (Phi) is 7.13. The summed E-state index contributed by atoms with van der Waals surface area (Å²) in [5.74, 6) is 0. The highest BCUT2D eigenvalue weighted by Gasteiger charge is 2.24. The van der Waals surface area contributed by atoms with Crippen LogP contribution in [0.3, 0.4) is 0 Å². The van der Waals surface area contributed by atoms with E-state index in [0.717, 1.165) is 37.2 Å². The van der Waals surface area contributed by atoms with E-state index in [1.54, 1.807) is 0 Å². The lowest BCUT2D eigenvalue weighted by molar-refractivity contribution is -0.538. The van der Waals surface area contributed by atoms with Gasteiger partial charge in [0.25, 0.3) is 0 Å². The van der Waals surface area contributed by atoms with E-state index in [9.17, 15) is 0 Å². The number of hydrogen-bond donors (Lipinski definition) is 0. The molecule has 3 aromatic carbocycles. The molecule has 1 aliphatic heterocycles. The molecule has 0 radical (unpaired) electrons. The average molecular weight is 482 g/mol. The van der Waals surface area contributed by atoms with Gasteiger partial charge in [-0.2, -0.15) is 0 Å². The number of rotatable bonds is 7. The molecule has 188 valence electrons. The molecule has 0 unspecified atom stereocenters. The van der Waals surface area contributed by atoms with Crippen LogP contribution in [0, 0.1) is 20.8 Å². The molecule has 4 nitrogen and oxygen atoms in total. The largest absolute Gasteiger partial charge is 0.371 e. The minimum atomic E-state index is 1.01. The van der Waals surface area contributed by atoms with E-state index in [0.29, 0.717) is 0 Å². The molecule has 4 aromatic rings. The number of fused-ring (bicyclic) bond motifs is 2. The molecule has 0 spiro atoms. The number of piperidine rings is 1. The molecular weight excluding hydrogens is 440 g/mol. The number of nitrogens with zero attached hydrogens (tertiary/aromatic N) is 4. The maximum atomic E-state index is 5.22. The summed E-state index contributed by atoms with van der Waals surface area (Å²) >= 11 is 0. The number of anilines is 2. The van der Waals surface area contributed by atoms with E-state index < -0.39 is 0 Å². The van der Waals surface area contributed by atoms with Gasteiger partial charge in [-0.05, 0) is 76.6 Å². The summed E-state index contributed by atoms with van der Waals surface area (Å²) < 4.78 is 2.45. The topological polar surface area (TPSA) is 23.3 Å². The lowest BCUT2D eigenvalue weighted by Crippen LogP contribution is -2.35. The van der Waals surface area contributed by atoms with E-state index in [1.807, 2.05) is 0 Å². The maximum Gasteiger partial charge on any atom is 0.239 e. The summed E-state index contributed by atoms with van der Waals surface area (Å²) in [6.07, 6.45) is 6.30. The first kappa shape index (κ1) is 24.5. The van der Waals surface area contributed by atoms with Crippen molar-refractivity contribution < 1.29 is 4.57 Å². The molecule has 0 bridgehead atoms. The van der Waals surface area contributed by atoms with Crippen LogP contribution in [0.2, 0.25) is 0 Å². The van der Waals surface area contributed by atoms with Gasteiger partial charge < -0.3 is 9.80 Å². The Morgan fingerprint density at radius 2 is 1.50 bits per heavy atom. The van der Waals surface area contributed by atoms with Crippen LogP contribution >= 0.6 is 0 Å². The Morgan fingerprint density at radius 3 is 2.17 bits per heavy atom. The fourth-order valence-corrected chi connectivity index (χ4v) is 5.72. The van der Waals surface area contributed by atoms with Gasteiger partial charge in [-0.1, -0.05) is 31.0 Å². The SMILES string of the molecule is CCCCN(CC)c1cc2c(cc1C)nc1cc(C)c(N3CCCCC3)cc1[n+]2-c1ccc(C)cc1. The zero-order chi connectivity index (χ0) is 25.2. The van der Waals surface area contributed by atoms with Crippen LogP contribution in [0.5, 0.6) is 0 Å². The van der Waals surface area contributed by atoms with E-state index in [-0.39, 0.29) is 0 Å². The predicted octanol–water partition coefficient (Wildman–Crippen LogP) is 7.21. The van der Waals surface area contributed by atoms with Gasteiger partial charge in [0.1, 0.15) is 11.0 Å². The van der Waals surface area contributed by atoms with Crippen molar-refractivity contribution in [2.75, 3.05) is 36.0 Å². The Bertz CT molecular complexity index is 1370. The molecule has 4 heteroatoms. The highest BCUT2D eigenvalue weighted by molar-refractivity contribution is 5.88. The molecule has 36 heavy (non-hydrogen) atoms. The van der Waals surface area contributed by atoms with Crippen molar-refractivity contribution in [1.29, 1.82) is 0 Å². The molecule has 1 saturated heterocycles. The van der Waals surface area contributed by atoms with Crippen molar-refractivity contribution in [3.63, 3.8) is 0 Å².